The SMILES string of the molecule is O=C(Nc1ccc(F)c(F)c1)c1c(O)c2cccnc2n(-c2ccc(F)cc2)c1=O. The Hall–Kier alpha value is -4.14. The second-order valence-corrected chi connectivity index (χ2v) is 6.30. The molecule has 0 bridgehead atoms. The molecule has 2 N–H and O–H groups in total. The van der Waals surface area contributed by atoms with Gasteiger partial charge in [-0.2, -0.15) is 0 Å². The molecular weight excluding hydrogens is 399 g/mol. The third-order valence-corrected chi connectivity index (χ3v) is 4.40. The lowest BCUT2D eigenvalue weighted by Crippen LogP contribution is -2.29. The van der Waals surface area contributed by atoms with Crippen LogP contribution in [-0.2, 0) is 0 Å². The van der Waals surface area contributed by atoms with Crippen LogP contribution in [0.15, 0.2) is 65.6 Å². The van der Waals surface area contributed by atoms with E-state index in [-0.39, 0.29) is 22.4 Å². The first-order valence-corrected chi connectivity index (χ1v) is 8.62. The Kier molecular flexibility index (Phi) is 4.71. The third kappa shape index (κ3) is 3.26. The number of rotatable bonds is 3. The number of nitrogens with one attached hydrogen (secondary N) is 1. The number of hydrogen-bond donors (Lipinski definition) is 2. The van der Waals surface area contributed by atoms with Crippen molar-refractivity contribution < 1.29 is 23.1 Å². The lowest BCUT2D eigenvalue weighted by Gasteiger charge is -2.14. The normalized spacial score (nSPS) is 10.9. The van der Waals surface area contributed by atoms with E-state index in [1.165, 1.54) is 30.5 Å². The third-order valence-electron chi connectivity index (χ3n) is 4.40. The molecule has 0 aliphatic carbocycles. The molecule has 0 fully saturated rings. The van der Waals surface area contributed by atoms with Crippen molar-refractivity contribution in [2.75, 3.05) is 5.32 Å². The number of hydrogen-bond acceptors (Lipinski definition) is 4. The number of nitrogens with zero attached hydrogens (tertiary/aromatic N) is 2. The first-order valence-electron chi connectivity index (χ1n) is 8.62. The van der Waals surface area contributed by atoms with E-state index in [0.29, 0.717) is 0 Å². The van der Waals surface area contributed by atoms with E-state index in [0.717, 1.165) is 34.9 Å². The second kappa shape index (κ2) is 7.36. The van der Waals surface area contributed by atoms with Crippen LogP contribution in [0.3, 0.4) is 0 Å². The van der Waals surface area contributed by atoms with Gasteiger partial charge in [-0.1, -0.05) is 0 Å². The summed E-state index contributed by atoms with van der Waals surface area (Å²) in [5.74, 6) is -4.49. The summed E-state index contributed by atoms with van der Waals surface area (Å²) in [6.07, 6.45) is 1.39. The van der Waals surface area contributed by atoms with Crippen LogP contribution in [0, 0.1) is 17.5 Å². The number of halogens is 3. The highest BCUT2D eigenvalue weighted by Crippen LogP contribution is 2.27. The molecule has 2 aromatic heterocycles. The highest BCUT2D eigenvalue weighted by Gasteiger charge is 2.24. The molecule has 4 aromatic rings. The van der Waals surface area contributed by atoms with E-state index in [2.05, 4.69) is 10.3 Å². The maximum absolute atomic E-state index is 13.4. The summed E-state index contributed by atoms with van der Waals surface area (Å²) in [7, 11) is 0. The van der Waals surface area contributed by atoms with Gasteiger partial charge < -0.3 is 10.4 Å². The topological polar surface area (TPSA) is 84.2 Å². The molecule has 0 saturated heterocycles. The number of amides is 1. The Bertz CT molecular complexity index is 1350. The van der Waals surface area contributed by atoms with E-state index in [1.54, 1.807) is 0 Å². The van der Waals surface area contributed by atoms with Crippen LogP contribution >= 0.6 is 0 Å². The summed E-state index contributed by atoms with van der Waals surface area (Å²) in [6.45, 7) is 0. The fourth-order valence-corrected chi connectivity index (χ4v) is 3.01. The van der Waals surface area contributed by atoms with Gasteiger partial charge in [0.2, 0.25) is 0 Å². The van der Waals surface area contributed by atoms with Crippen LogP contribution in [0.25, 0.3) is 16.7 Å². The highest BCUT2D eigenvalue weighted by molar-refractivity contribution is 6.09. The molecule has 150 valence electrons. The van der Waals surface area contributed by atoms with Gasteiger partial charge in [-0.3, -0.25) is 14.2 Å². The van der Waals surface area contributed by atoms with Crippen molar-refractivity contribution in [1.82, 2.24) is 9.55 Å². The molecule has 30 heavy (non-hydrogen) atoms. The lowest BCUT2D eigenvalue weighted by molar-refractivity contribution is 0.102. The van der Waals surface area contributed by atoms with Crippen LogP contribution in [-0.4, -0.2) is 20.6 Å². The molecule has 0 saturated carbocycles. The number of carbonyl (C=O) groups excluding carboxylic acids is 1. The van der Waals surface area contributed by atoms with Crippen molar-refractivity contribution in [3.8, 4) is 11.4 Å². The van der Waals surface area contributed by atoms with Crippen LogP contribution in [0.4, 0.5) is 18.9 Å². The molecule has 0 spiro atoms. The zero-order chi connectivity index (χ0) is 21.4. The Balaban J connectivity index is 1.91. The molecular formula is C21H12F3N3O3. The Morgan fingerprint density at radius 3 is 2.43 bits per heavy atom. The van der Waals surface area contributed by atoms with Crippen molar-refractivity contribution in [1.29, 1.82) is 0 Å². The molecule has 4 rings (SSSR count). The molecule has 0 unspecified atom stereocenters. The molecule has 0 aliphatic heterocycles. The Morgan fingerprint density at radius 1 is 1.00 bits per heavy atom. The number of pyridine rings is 2. The van der Waals surface area contributed by atoms with Crippen LogP contribution in [0.5, 0.6) is 5.75 Å². The van der Waals surface area contributed by atoms with Crippen molar-refractivity contribution in [2.45, 2.75) is 0 Å². The Morgan fingerprint density at radius 2 is 1.73 bits per heavy atom. The highest BCUT2D eigenvalue weighted by atomic mass is 19.2. The van der Waals surface area contributed by atoms with E-state index in [1.807, 2.05) is 0 Å². The largest absolute Gasteiger partial charge is 0.506 e. The van der Waals surface area contributed by atoms with Crippen molar-refractivity contribution >= 4 is 22.6 Å². The molecule has 2 heterocycles. The van der Waals surface area contributed by atoms with E-state index in [9.17, 15) is 27.9 Å². The fourth-order valence-electron chi connectivity index (χ4n) is 3.01. The summed E-state index contributed by atoms with van der Waals surface area (Å²) in [5, 5.41) is 12.9. The molecule has 2 aromatic carbocycles. The second-order valence-electron chi connectivity index (χ2n) is 6.30. The molecule has 1 amide bonds. The van der Waals surface area contributed by atoms with Gasteiger partial charge in [0.05, 0.1) is 11.1 Å². The summed E-state index contributed by atoms with van der Waals surface area (Å²) in [6, 6.07) is 10.5. The monoisotopic (exact) mass is 411 g/mol. The number of benzene rings is 2. The quantitative estimate of drug-likeness (QED) is 0.538. The molecule has 0 radical (unpaired) electrons. The number of aromatic hydroxyl groups is 1. The number of carbonyl (C=O) groups is 1. The van der Waals surface area contributed by atoms with Crippen molar-refractivity contribution in [2.24, 2.45) is 0 Å². The van der Waals surface area contributed by atoms with Crippen molar-refractivity contribution in [3.05, 3.63) is 94.2 Å². The number of aromatic nitrogens is 2. The minimum Gasteiger partial charge on any atom is -0.506 e. The summed E-state index contributed by atoms with van der Waals surface area (Å²) >= 11 is 0. The van der Waals surface area contributed by atoms with Gasteiger partial charge in [0.15, 0.2) is 17.3 Å². The van der Waals surface area contributed by atoms with Crippen LogP contribution in [0.1, 0.15) is 10.4 Å². The van der Waals surface area contributed by atoms with Gasteiger partial charge in [-0.25, -0.2) is 18.2 Å². The lowest BCUT2D eigenvalue weighted by atomic mass is 10.1. The molecule has 0 aliphatic rings. The number of anilines is 1. The maximum atomic E-state index is 13.4. The average Bonchev–Trinajstić information content (AvgIpc) is 2.72. The first-order chi connectivity index (χ1) is 14.4. The van der Waals surface area contributed by atoms with Crippen molar-refractivity contribution in [3.63, 3.8) is 0 Å². The van der Waals surface area contributed by atoms with Crippen LogP contribution < -0.4 is 10.9 Å². The number of fused-ring (bicyclic) bond motifs is 1. The zero-order valence-electron chi connectivity index (χ0n) is 15.1. The van der Waals surface area contributed by atoms with Gasteiger partial charge in [0.25, 0.3) is 11.5 Å². The summed E-state index contributed by atoms with van der Waals surface area (Å²) in [4.78, 5) is 30.0. The zero-order valence-corrected chi connectivity index (χ0v) is 15.1. The smallest absolute Gasteiger partial charge is 0.273 e. The van der Waals surface area contributed by atoms with Gasteiger partial charge in [-0.15, -0.1) is 0 Å². The minimum atomic E-state index is -1.19. The van der Waals surface area contributed by atoms with Gasteiger partial charge in [-0.05, 0) is 48.5 Å². The van der Waals surface area contributed by atoms with Gasteiger partial charge in [0.1, 0.15) is 17.1 Å². The van der Waals surface area contributed by atoms with E-state index < -0.39 is 40.2 Å². The molecule has 6 nitrogen and oxygen atoms in total. The van der Waals surface area contributed by atoms with E-state index >= 15 is 0 Å². The first kappa shape index (κ1) is 19.2. The molecule has 0 atom stereocenters. The standard InChI is InChI=1S/C21H12F3N3O3/c22-11-3-6-13(7-4-11)27-19-14(2-1-9-25-19)18(28)17(21(27)30)20(29)26-12-5-8-15(23)16(24)10-12/h1-10,28H,(H,26,29). The minimum absolute atomic E-state index is 0.0518. The Labute approximate surface area is 166 Å². The molecule has 9 heteroatoms. The van der Waals surface area contributed by atoms with Gasteiger partial charge in [0, 0.05) is 18.0 Å². The van der Waals surface area contributed by atoms with Crippen LogP contribution in [0.2, 0.25) is 0 Å². The summed E-state index contributed by atoms with van der Waals surface area (Å²) < 4.78 is 40.9. The maximum Gasteiger partial charge on any atom is 0.273 e. The van der Waals surface area contributed by atoms with E-state index in [4.69, 9.17) is 0 Å². The average molecular weight is 411 g/mol. The van der Waals surface area contributed by atoms with Gasteiger partial charge >= 0.3 is 0 Å². The predicted octanol–water partition coefficient (Wildman–Crippen LogP) is 3.76. The summed E-state index contributed by atoms with van der Waals surface area (Å²) in [5.41, 5.74) is -1.41. The fraction of sp³-hybridized carbons (Fsp3) is 0. The predicted molar refractivity (Wildman–Crippen MR) is 103 cm³/mol.